The number of hydrogen-bond acceptors (Lipinski definition) is 3. The van der Waals surface area contributed by atoms with Gasteiger partial charge in [-0.3, -0.25) is 4.99 Å². The van der Waals surface area contributed by atoms with Crippen LogP contribution in [0.3, 0.4) is 0 Å². The van der Waals surface area contributed by atoms with Gasteiger partial charge in [-0.2, -0.15) is 0 Å². The highest BCUT2D eigenvalue weighted by molar-refractivity contribution is 14.0. The van der Waals surface area contributed by atoms with Gasteiger partial charge in [0.1, 0.15) is 12.4 Å². The van der Waals surface area contributed by atoms with Gasteiger partial charge in [0, 0.05) is 32.2 Å². The molecule has 0 spiro atoms. The number of para-hydroxylation sites is 1. The van der Waals surface area contributed by atoms with E-state index in [1.54, 1.807) is 5.57 Å². The minimum atomic E-state index is 0. The van der Waals surface area contributed by atoms with Crippen LogP contribution in [0.2, 0.25) is 0 Å². The van der Waals surface area contributed by atoms with Crippen LogP contribution in [0.25, 0.3) is 0 Å². The standard InChI is InChI=1S/C21H34N4O.HI/c1-22-21(23-14-13-18-9-5-4-6-10-18)24-17-19-11-7-8-12-20(19)26-16-15-25(2)3;/h7-9,11-12H,4-6,10,13-17H2,1-3H3,(H2,22,23,24);1H. The van der Waals surface area contributed by atoms with Crippen molar-refractivity contribution in [3.8, 4) is 5.75 Å². The second-order valence-electron chi connectivity index (χ2n) is 6.97. The van der Waals surface area contributed by atoms with Crippen LogP contribution in [0.5, 0.6) is 5.75 Å². The van der Waals surface area contributed by atoms with Gasteiger partial charge in [0.15, 0.2) is 5.96 Å². The fraction of sp³-hybridized carbons (Fsp3) is 0.571. The van der Waals surface area contributed by atoms with Crippen LogP contribution >= 0.6 is 24.0 Å². The minimum Gasteiger partial charge on any atom is -0.492 e. The predicted molar refractivity (Wildman–Crippen MR) is 125 cm³/mol. The second kappa shape index (κ2) is 13.8. The molecule has 5 nitrogen and oxygen atoms in total. The molecule has 1 aromatic rings. The number of rotatable bonds is 9. The van der Waals surface area contributed by atoms with Crippen molar-refractivity contribution in [3.63, 3.8) is 0 Å². The molecule has 2 rings (SSSR count). The predicted octanol–water partition coefficient (Wildman–Crippen LogP) is 3.80. The van der Waals surface area contributed by atoms with Crippen LogP contribution in [-0.2, 0) is 6.54 Å². The molecule has 0 aliphatic heterocycles. The lowest BCUT2D eigenvalue weighted by molar-refractivity contribution is 0.259. The molecule has 0 saturated heterocycles. The first-order chi connectivity index (χ1) is 12.7. The number of guanidine groups is 1. The number of ether oxygens (including phenoxy) is 1. The van der Waals surface area contributed by atoms with Gasteiger partial charge in [-0.1, -0.05) is 29.8 Å². The monoisotopic (exact) mass is 486 g/mol. The Morgan fingerprint density at radius 1 is 1.19 bits per heavy atom. The Kier molecular flexibility index (Phi) is 12.2. The summed E-state index contributed by atoms with van der Waals surface area (Å²) >= 11 is 0. The fourth-order valence-electron chi connectivity index (χ4n) is 3.00. The molecule has 6 heteroatoms. The van der Waals surface area contributed by atoms with Crippen LogP contribution in [0.15, 0.2) is 40.9 Å². The Hall–Kier alpha value is -1.28. The zero-order valence-corrected chi connectivity index (χ0v) is 19.3. The minimum absolute atomic E-state index is 0. The van der Waals surface area contributed by atoms with Gasteiger partial charge in [-0.15, -0.1) is 24.0 Å². The van der Waals surface area contributed by atoms with Gasteiger partial charge in [-0.05, 0) is 52.3 Å². The third-order valence-corrected chi connectivity index (χ3v) is 4.56. The van der Waals surface area contributed by atoms with Crippen molar-refractivity contribution in [1.29, 1.82) is 0 Å². The first kappa shape index (κ1) is 23.8. The summed E-state index contributed by atoms with van der Waals surface area (Å²) in [6, 6.07) is 8.18. The molecule has 27 heavy (non-hydrogen) atoms. The molecular formula is C21H35IN4O. The molecular weight excluding hydrogens is 451 g/mol. The van der Waals surface area contributed by atoms with E-state index >= 15 is 0 Å². The number of nitrogens with one attached hydrogen (secondary N) is 2. The molecule has 1 aliphatic rings. The maximum atomic E-state index is 5.92. The molecule has 0 fully saturated rings. The van der Waals surface area contributed by atoms with E-state index in [-0.39, 0.29) is 24.0 Å². The van der Waals surface area contributed by atoms with Crippen LogP contribution in [-0.4, -0.2) is 51.7 Å². The van der Waals surface area contributed by atoms with E-state index in [0.29, 0.717) is 13.2 Å². The van der Waals surface area contributed by atoms with E-state index < -0.39 is 0 Å². The largest absolute Gasteiger partial charge is 0.492 e. The summed E-state index contributed by atoms with van der Waals surface area (Å²) in [7, 11) is 5.92. The molecule has 0 heterocycles. The van der Waals surface area contributed by atoms with Crippen molar-refractivity contribution in [2.24, 2.45) is 4.99 Å². The topological polar surface area (TPSA) is 48.9 Å². The number of nitrogens with zero attached hydrogens (tertiary/aromatic N) is 2. The molecule has 1 aromatic carbocycles. The number of likely N-dealkylation sites (N-methyl/N-ethyl adjacent to an activating group) is 1. The first-order valence-corrected chi connectivity index (χ1v) is 9.67. The molecule has 0 amide bonds. The van der Waals surface area contributed by atoms with Gasteiger partial charge < -0.3 is 20.3 Å². The second-order valence-corrected chi connectivity index (χ2v) is 6.97. The Morgan fingerprint density at radius 2 is 2.00 bits per heavy atom. The van der Waals surface area contributed by atoms with Crippen LogP contribution < -0.4 is 15.4 Å². The molecule has 0 bridgehead atoms. The molecule has 0 aromatic heterocycles. The van der Waals surface area contributed by atoms with Crippen molar-refractivity contribution in [2.45, 2.75) is 38.6 Å². The average Bonchev–Trinajstić information content (AvgIpc) is 2.66. The van der Waals surface area contributed by atoms with Crippen LogP contribution in [0.1, 0.15) is 37.7 Å². The molecule has 2 N–H and O–H groups in total. The molecule has 0 radical (unpaired) electrons. The summed E-state index contributed by atoms with van der Waals surface area (Å²) in [5.74, 6) is 1.77. The lowest BCUT2D eigenvalue weighted by Crippen LogP contribution is -2.37. The van der Waals surface area contributed by atoms with Crippen LogP contribution in [0, 0.1) is 0 Å². The fourth-order valence-corrected chi connectivity index (χ4v) is 3.00. The zero-order valence-electron chi connectivity index (χ0n) is 17.0. The third kappa shape index (κ3) is 9.46. The van der Waals surface area contributed by atoms with Crippen molar-refractivity contribution in [2.75, 3.05) is 40.8 Å². The van der Waals surface area contributed by atoms with E-state index in [4.69, 9.17) is 4.74 Å². The third-order valence-electron chi connectivity index (χ3n) is 4.56. The summed E-state index contributed by atoms with van der Waals surface area (Å²) in [6.07, 6.45) is 8.69. The first-order valence-electron chi connectivity index (χ1n) is 9.67. The van der Waals surface area contributed by atoms with Crippen molar-refractivity contribution >= 4 is 29.9 Å². The van der Waals surface area contributed by atoms with Gasteiger partial charge >= 0.3 is 0 Å². The number of allylic oxidation sites excluding steroid dienone is 1. The van der Waals surface area contributed by atoms with E-state index in [9.17, 15) is 0 Å². The maximum absolute atomic E-state index is 5.92. The van der Waals surface area contributed by atoms with Crippen molar-refractivity contribution in [3.05, 3.63) is 41.5 Å². The summed E-state index contributed by atoms with van der Waals surface area (Å²) in [6.45, 7) is 3.21. The Labute approximate surface area is 181 Å². The molecule has 1 aliphatic carbocycles. The molecule has 152 valence electrons. The lowest BCUT2D eigenvalue weighted by Gasteiger charge is -2.17. The number of halogens is 1. The summed E-state index contributed by atoms with van der Waals surface area (Å²) in [4.78, 5) is 6.45. The van der Waals surface area contributed by atoms with Crippen molar-refractivity contribution in [1.82, 2.24) is 15.5 Å². The number of benzene rings is 1. The van der Waals surface area contributed by atoms with Gasteiger partial charge in [-0.25, -0.2) is 0 Å². The van der Waals surface area contributed by atoms with E-state index in [1.165, 1.54) is 25.7 Å². The van der Waals surface area contributed by atoms with E-state index in [0.717, 1.165) is 36.8 Å². The Morgan fingerprint density at radius 3 is 2.70 bits per heavy atom. The quantitative estimate of drug-likeness (QED) is 0.241. The highest BCUT2D eigenvalue weighted by Crippen LogP contribution is 2.19. The molecule has 0 saturated carbocycles. The highest BCUT2D eigenvalue weighted by Gasteiger charge is 2.06. The molecule has 0 unspecified atom stereocenters. The van der Waals surface area contributed by atoms with Gasteiger partial charge in [0.05, 0.1) is 0 Å². The SMILES string of the molecule is CN=C(NCCC1=CCCCC1)NCc1ccccc1OCCN(C)C.I. The number of aliphatic imine (C=N–C) groups is 1. The summed E-state index contributed by atoms with van der Waals surface area (Å²) < 4.78 is 5.92. The van der Waals surface area contributed by atoms with Crippen LogP contribution in [0.4, 0.5) is 0 Å². The van der Waals surface area contributed by atoms with E-state index in [2.05, 4.69) is 46.8 Å². The Bertz CT molecular complexity index is 602. The highest BCUT2D eigenvalue weighted by atomic mass is 127. The zero-order chi connectivity index (χ0) is 18.6. The van der Waals surface area contributed by atoms with Gasteiger partial charge in [0.2, 0.25) is 0 Å². The van der Waals surface area contributed by atoms with Crippen molar-refractivity contribution < 1.29 is 4.74 Å². The van der Waals surface area contributed by atoms with E-state index in [1.807, 2.05) is 25.2 Å². The summed E-state index contributed by atoms with van der Waals surface area (Å²) in [5, 5.41) is 6.81. The molecule has 0 atom stereocenters. The number of hydrogen-bond donors (Lipinski definition) is 2. The average molecular weight is 486 g/mol. The normalized spacial score (nSPS) is 14.4. The summed E-state index contributed by atoms with van der Waals surface area (Å²) in [5.41, 5.74) is 2.73. The van der Waals surface area contributed by atoms with Gasteiger partial charge in [0.25, 0.3) is 0 Å². The Balaban J connectivity index is 0.00000364. The maximum Gasteiger partial charge on any atom is 0.191 e. The smallest absolute Gasteiger partial charge is 0.191 e. The lowest BCUT2D eigenvalue weighted by atomic mass is 9.97.